The molecule has 0 bridgehead atoms. The number of benzene rings is 2. The quantitative estimate of drug-likeness (QED) is 0.651. The predicted molar refractivity (Wildman–Crippen MR) is 103 cm³/mol. The fourth-order valence-corrected chi connectivity index (χ4v) is 2.71. The molecule has 2 amide bonds. The fraction of sp³-hybridized carbons (Fsp3) is 0.105. The zero-order valence-corrected chi connectivity index (χ0v) is 15.2. The number of carbonyl (C=O) groups excluding carboxylic acids is 2. The van der Waals surface area contributed by atoms with Crippen LogP contribution in [0.5, 0.6) is 0 Å². The van der Waals surface area contributed by atoms with E-state index in [9.17, 15) is 9.59 Å². The van der Waals surface area contributed by atoms with Crippen LogP contribution in [-0.2, 0) is 11.3 Å². The normalized spacial score (nSPS) is 10.3. The summed E-state index contributed by atoms with van der Waals surface area (Å²) in [5.41, 5.74) is 2.34. The molecule has 8 heteroatoms. The standard InChI is InChI=1S/C19H17ClN4O3/c1-27-18(25)17-8-3-2-5-13(17)11-24-12-16(10-21-24)23-19(26)22-15-7-4-6-14(20)9-15/h2-10,12H,11H2,1H3,(H2,22,23,26). The molecule has 0 radical (unpaired) electrons. The Balaban J connectivity index is 1.65. The first-order valence-corrected chi connectivity index (χ1v) is 8.45. The lowest BCUT2D eigenvalue weighted by Gasteiger charge is -2.08. The third-order valence-corrected chi connectivity index (χ3v) is 3.96. The van der Waals surface area contributed by atoms with Gasteiger partial charge in [0.15, 0.2) is 0 Å². The first kappa shape index (κ1) is 18.5. The summed E-state index contributed by atoms with van der Waals surface area (Å²) < 4.78 is 6.42. The molecule has 3 rings (SSSR count). The van der Waals surface area contributed by atoms with Crippen molar-refractivity contribution in [2.45, 2.75) is 6.54 Å². The minimum Gasteiger partial charge on any atom is -0.465 e. The average Bonchev–Trinajstić information content (AvgIpc) is 3.08. The number of esters is 1. The topological polar surface area (TPSA) is 85.2 Å². The summed E-state index contributed by atoms with van der Waals surface area (Å²) in [5, 5.41) is 10.1. The number of anilines is 2. The lowest BCUT2D eigenvalue weighted by atomic mass is 10.1. The van der Waals surface area contributed by atoms with Gasteiger partial charge in [0.2, 0.25) is 0 Å². The molecule has 27 heavy (non-hydrogen) atoms. The van der Waals surface area contributed by atoms with Crippen LogP contribution < -0.4 is 10.6 Å². The van der Waals surface area contributed by atoms with Crippen LogP contribution in [0.2, 0.25) is 5.02 Å². The van der Waals surface area contributed by atoms with Gasteiger partial charge >= 0.3 is 12.0 Å². The summed E-state index contributed by atoms with van der Waals surface area (Å²) in [5.74, 6) is -0.406. The minimum absolute atomic E-state index is 0.364. The highest BCUT2D eigenvalue weighted by atomic mass is 35.5. The van der Waals surface area contributed by atoms with E-state index in [1.165, 1.54) is 13.3 Å². The summed E-state index contributed by atoms with van der Waals surface area (Å²) in [6.45, 7) is 0.364. The molecule has 0 unspecified atom stereocenters. The zero-order valence-electron chi connectivity index (χ0n) is 14.5. The van der Waals surface area contributed by atoms with Crippen LogP contribution in [-0.4, -0.2) is 28.9 Å². The highest BCUT2D eigenvalue weighted by Crippen LogP contribution is 2.16. The number of amides is 2. The number of urea groups is 1. The molecule has 0 fully saturated rings. The number of ether oxygens (including phenoxy) is 1. The zero-order chi connectivity index (χ0) is 19.2. The lowest BCUT2D eigenvalue weighted by molar-refractivity contribution is 0.0599. The number of carbonyl (C=O) groups is 2. The second-order valence-corrected chi connectivity index (χ2v) is 6.10. The summed E-state index contributed by atoms with van der Waals surface area (Å²) in [6, 6.07) is 13.6. The summed E-state index contributed by atoms with van der Waals surface area (Å²) in [6.07, 6.45) is 3.20. The Hall–Kier alpha value is -3.32. The van der Waals surface area contributed by atoms with Gasteiger partial charge in [0.25, 0.3) is 0 Å². The van der Waals surface area contributed by atoms with Gasteiger partial charge in [-0.3, -0.25) is 4.68 Å². The van der Waals surface area contributed by atoms with E-state index < -0.39 is 12.0 Å². The number of methoxy groups -OCH3 is 1. The highest BCUT2D eigenvalue weighted by Gasteiger charge is 2.12. The maximum Gasteiger partial charge on any atom is 0.338 e. The average molecular weight is 385 g/mol. The molecule has 3 aromatic rings. The molecule has 2 aromatic carbocycles. The van der Waals surface area contributed by atoms with E-state index in [-0.39, 0.29) is 0 Å². The maximum atomic E-state index is 12.1. The van der Waals surface area contributed by atoms with Gasteiger partial charge in [-0.2, -0.15) is 5.10 Å². The molecule has 0 atom stereocenters. The summed E-state index contributed by atoms with van der Waals surface area (Å²) in [4.78, 5) is 23.9. The van der Waals surface area contributed by atoms with Gasteiger partial charge in [-0.1, -0.05) is 35.9 Å². The van der Waals surface area contributed by atoms with Crippen LogP contribution in [0.25, 0.3) is 0 Å². The Kier molecular flexibility index (Phi) is 5.73. The van der Waals surface area contributed by atoms with Crippen molar-refractivity contribution in [1.82, 2.24) is 9.78 Å². The van der Waals surface area contributed by atoms with Gasteiger partial charge in [0.1, 0.15) is 0 Å². The van der Waals surface area contributed by atoms with Gasteiger partial charge in [-0.05, 0) is 29.8 Å². The van der Waals surface area contributed by atoms with Crippen molar-refractivity contribution in [1.29, 1.82) is 0 Å². The Labute approximate surface area is 160 Å². The van der Waals surface area contributed by atoms with E-state index >= 15 is 0 Å². The van der Waals surface area contributed by atoms with Gasteiger partial charge < -0.3 is 15.4 Å². The minimum atomic E-state index is -0.410. The molecular weight excluding hydrogens is 368 g/mol. The number of hydrogen-bond acceptors (Lipinski definition) is 4. The Bertz CT molecular complexity index is 971. The van der Waals surface area contributed by atoms with E-state index in [1.54, 1.807) is 47.3 Å². The van der Waals surface area contributed by atoms with Crippen LogP contribution in [0.4, 0.5) is 16.2 Å². The molecule has 0 aliphatic carbocycles. The molecule has 0 aliphatic rings. The van der Waals surface area contributed by atoms with E-state index in [0.29, 0.717) is 28.5 Å². The van der Waals surface area contributed by atoms with Gasteiger partial charge in [-0.25, -0.2) is 9.59 Å². The van der Waals surface area contributed by atoms with E-state index in [2.05, 4.69) is 15.7 Å². The maximum absolute atomic E-state index is 12.1. The molecule has 2 N–H and O–H groups in total. The van der Waals surface area contributed by atoms with Crippen molar-refractivity contribution in [3.8, 4) is 0 Å². The lowest BCUT2D eigenvalue weighted by Crippen LogP contribution is -2.19. The van der Waals surface area contributed by atoms with Crippen molar-refractivity contribution in [2.75, 3.05) is 17.7 Å². The first-order valence-electron chi connectivity index (χ1n) is 8.07. The predicted octanol–water partition coefficient (Wildman–Crippen LogP) is 4.02. The van der Waals surface area contributed by atoms with Crippen LogP contribution in [0.15, 0.2) is 60.9 Å². The van der Waals surface area contributed by atoms with Crippen LogP contribution in [0, 0.1) is 0 Å². The number of nitrogens with zero attached hydrogens (tertiary/aromatic N) is 2. The van der Waals surface area contributed by atoms with Gasteiger partial charge in [0, 0.05) is 16.9 Å². The Morgan fingerprint density at radius 1 is 1.11 bits per heavy atom. The summed E-state index contributed by atoms with van der Waals surface area (Å²) >= 11 is 5.90. The molecule has 1 aromatic heterocycles. The van der Waals surface area contributed by atoms with Crippen molar-refractivity contribution in [3.63, 3.8) is 0 Å². The fourth-order valence-electron chi connectivity index (χ4n) is 2.52. The van der Waals surface area contributed by atoms with Crippen LogP contribution in [0.1, 0.15) is 15.9 Å². The third kappa shape index (κ3) is 4.86. The number of rotatable bonds is 5. The molecule has 0 saturated heterocycles. The number of nitrogens with one attached hydrogen (secondary N) is 2. The Morgan fingerprint density at radius 2 is 1.89 bits per heavy atom. The van der Waals surface area contributed by atoms with E-state index in [1.807, 2.05) is 12.1 Å². The van der Waals surface area contributed by atoms with Crippen molar-refractivity contribution in [3.05, 3.63) is 77.1 Å². The third-order valence-electron chi connectivity index (χ3n) is 3.73. The second-order valence-electron chi connectivity index (χ2n) is 5.66. The van der Waals surface area contributed by atoms with E-state index in [4.69, 9.17) is 16.3 Å². The monoisotopic (exact) mass is 384 g/mol. The van der Waals surface area contributed by atoms with Crippen LogP contribution >= 0.6 is 11.6 Å². The highest BCUT2D eigenvalue weighted by molar-refractivity contribution is 6.30. The number of hydrogen-bond donors (Lipinski definition) is 2. The number of aromatic nitrogens is 2. The number of halogens is 1. The van der Waals surface area contributed by atoms with Crippen LogP contribution in [0.3, 0.4) is 0 Å². The van der Waals surface area contributed by atoms with Crippen molar-refractivity contribution >= 4 is 35.0 Å². The SMILES string of the molecule is COC(=O)c1ccccc1Cn1cc(NC(=O)Nc2cccc(Cl)c2)cn1. The molecule has 7 nitrogen and oxygen atoms in total. The molecule has 0 aliphatic heterocycles. The molecule has 1 heterocycles. The second kappa shape index (κ2) is 8.37. The van der Waals surface area contributed by atoms with Crippen molar-refractivity contribution in [2.24, 2.45) is 0 Å². The first-order chi connectivity index (χ1) is 13.0. The van der Waals surface area contributed by atoms with E-state index in [0.717, 1.165) is 5.56 Å². The molecule has 0 saturated carbocycles. The molecule has 0 spiro atoms. The van der Waals surface area contributed by atoms with Crippen molar-refractivity contribution < 1.29 is 14.3 Å². The van der Waals surface area contributed by atoms with Gasteiger partial charge in [0.05, 0.1) is 31.1 Å². The molecular formula is C19H17ClN4O3. The largest absolute Gasteiger partial charge is 0.465 e. The Morgan fingerprint density at radius 3 is 2.67 bits per heavy atom. The van der Waals surface area contributed by atoms with Gasteiger partial charge in [-0.15, -0.1) is 0 Å². The smallest absolute Gasteiger partial charge is 0.338 e. The molecule has 138 valence electrons. The summed E-state index contributed by atoms with van der Waals surface area (Å²) in [7, 11) is 1.34.